The molecule has 70 valence electrons. The van der Waals surface area contributed by atoms with Crippen LogP contribution in [0.5, 0.6) is 0 Å². The van der Waals surface area contributed by atoms with Gasteiger partial charge in [0.25, 0.3) is 0 Å². The Hall–Kier alpha value is -0.620. The average Bonchev–Trinajstić information content (AvgIpc) is 2.65. The van der Waals surface area contributed by atoms with E-state index in [0.29, 0.717) is 13.1 Å². The van der Waals surface area contributed by atoms with Gasteiger partial charge in [-0.25, -0.2) is 8.42 Å². The highest BCUT2D eigenvalue weighted by Crippen LogP contribution is 2.13. The maximum atomic E-state index is 11.1. The number of hydrogen-bond acceptors (Lipinski definition) is 3. The van der Waals surface area contributed by atoms with Gasteiger partial charge < -0.3 is 5.11 Å². The largest absolute Gasteiger partial charge is 0.481 e. The van der Waals surface area contributed by atoms with Crippen LogP contribution in [-0.4, -0.2) is 42.6 Å². The summed E-state index contributed by atoms with van der Waals surface area (Å²) in [6.45, 7) is 1.19. The molecule has 12 heavy (non-hydrogen) atoms. The molecule has 0 saturated carbocycles. The maximum absolute atomic E-state index is 11.1. The van der Waals surface area contributed by atoms with Gasteiger partial charge in [0.2, 0.25) is 10.0 Å². The first-order valence-corrected chi connectivity index (χ1v) is 5.33. The second kappa shape index (κ2) is 3.40. The molecule has 5 nitrogen and oxygen atoms in total. The maximum Gasteiger partial charge on any atom is 0.303 e. The Morgan fingerprint density at radius 1 is 1.42 bits per heavy atom. The Balaban J connectivity index is 2.26. The number of carboxylic acids is 1. The van der Waals surface area contributed by atoms with Gasteiger partial charge in [0, 0.05) is 19.5 Å². The summed E-state index contributed by atoms with van der Waals surface area (Å²) in [6.07, 6.45) is 0.126. The highest BCUT2D eigenvalue weighted by atomic mass is 32.2. The molecule has 0 aromatic heterocycles. The van der Waals surface area contributed by atoms with E-state index in [1.54, 1.807) is 0 Å². The van der Waals surface area contributed by atoms with Crippen LogP contribution in [-0.2, 0) is 14.8 Å². The molecule has 0 aromatic carbocycles. The van der Waals surface area contributed by atoms with E-state index in [-0.39, 0.29) is 18.6 Å². The molecule has 0 atom stereocenters. The molecule has 1 aliphatic rings. The zero-order valence-corrected chi connectivity index (χ0v) is 7.38. The first kappa shape index (κ1) is 9.47. The van der Waals surface area contributed by atoms with Crippen molar-refractivity contribution in [2.75, 3.05) is 18.8 Å². The summed E-state index contributed by atoms with van der Waals surface area (Å²) in [7, 11) is -3.11. The van der Waals surface area contributed by atoms with Gasteiger partial charge in [-0.15, -0.1) is 0 Å². The van der Waals surface area contributed by atoms with Gasteiger partial charge in [-0.05, 0) is 6.42 Å². The fraction of sp³-hybridized carbons (Fsp3) is 0.833. The van der Waals surface area contributed by atoms with Gasteiger partial charge >= 0.3 is 5.97 Å². The summed E-state index contributed by atoms with van der Waals surface area (Å²) < 4.78 is 23.6. The molecule has 0 radical (unpaired) electrons. The Morgan fingerprint density at radius 2 is 2.00 bits per heavy atom. The standard InChI is InChI=1S/C6H11NO4S/c8-6(9)2-1-5-12(10,11)7-3-4-7/h1-5H2,(H,8,9). The fourth-order valence-electron chi connectivity index (χ4n) is 0.854. The van der Waals surface area contributed by atoms with Crippen molar-refractivity contribution in [3.63, 3.8) is 0 Å². The van der Waals surface area contributed by atoms with E-state index in [4.69, 9.17) is 5.11 Å². The molecule has 0 bridgehead atoms. The van der Waals surface area contributed by atoms with Crippen molar-refractivity contribution in [1.82, 2.24) is 4.31 Å². The molecule has 1 saturated heterocycles. The van der Waals surface area contributed by atoms with Crippen molar-refractivity contribution in [3.05, 3.63) is 0 Å². The monoisotopic (exact) mass is 193 g/mol. The van der Waals surface area contributed by atoms with Crippen LogP contribution in [0.3, 0.4) is 0 Å². The zero-order chi connectivity index (χ0) is 9.19. The molecular formula is C6H11NO4S. The molecule has 1 rings (SSSR count). The van der Waals surface area contributed by atoms with Crippen LogP contribution in [0, 0.1) is 0 Å². The molecular weight excluding hydrogens is 182 g/mol. The lowest BCUT2D eigenvalue weighted by atomic mass is 10.3. The molecule has 0 unspecified atom stereocenters. The van der Waals surface area contributed by atoms with E-state index in [0.717, 1.165) is 0 Å². The summed E-state index contributed by atoms with van der Waals surface area (Å²) in [6, 6.07) is 0. The van der Waals surface area contributed by atoms with Gasteiger partial charge in [0.1, 0.15) is 0 Å². The van der Waals surface area contributed by atoms with Gasteiger partial charge in [-0.2, -0.15) is 4.31 Å². The summed E-state index contributed by atoms with van der Waals surface area (Å²) in [4.78, 5) is 10.1. The first-order valence-electron chi connectivity index (χ1n) is 3.72. The molecule has 1 N–H and O–H groups in total. The topological polar surface area (TPSA) is 74.5 Å². The molecule has 0 amide bonds. The lowest BCUT2D eigenvalue weighted by molar-refractivity contribution is -0.137. The minimum atomic E-state index is -3.11. The van der Waals surface area contributed by atoms with Crippen LogP contribution in [0.2, 0.25) is 0 Å². The van der Waals surface area contributed by atoms with E-state index in [2.05, 4.69) is 0 Å². The first-order chi connectivity index (χ1) is 5.52. The molecule has 1 heterocycles. The summed E-state index contributed by atoms with van der Waals surface area (Å²) in [5.74, 6) is -0.991. The predicted molar refractivity (Wildman–Crippen MR) is 42.2 cm³/mol. The Morgan fingerprint density at radius 3 is 2.42 bits per heavy atom. The van der Waals surface area contributed by atoms with E-state index in [1.165, 1.54) is 4.31 Å². The second-order valence-corrected chi connectivity index (χ2v) is 4.80. The van der Waals surface area contributed by atoms with E-state index in [1.807, 2.05) is 0 Å². The summed E-state index contributed by atoms with van der Waals surface area (Å²) in [5.41, 5.74) is 0. The third-order valence-electron chi connectivity index (χ3n) is 1.59. The minimum Gasteiger partial charge on any atom is -0.481 e. The SMILES string of the molecule is O=C(O)CCCS(=O)(=O)N1CC1. The van der Waals surface area contributed by atoms with Crippen LogP contribution in [0.1, 0.15) is 12.8 Å². The highest BCUT2D eigenvalue weighted by Gasteiger charge is 2.30. The highest BCUT2D eigenvalue weighted by molar-refractivity contribution is 7.89. The van der Waals surface area contributed by atoms with Crippen molar-refractivity contribution in [2.45, 2.75) is 12.8 Å². The average molecular weight is 193 g/mol. The minimum absolute atomic E-state index is 0.0424. The predicted octanol–water partition coefficient (Wildman–Crippen LogP) is -0.503. The number of carboxylic acid groups (broad SMARTS) is 1. The van der Waals surface area contributed by atoms with Gasteiger partial charge in [0.05, 0.1) is 5.75 Å². The number of nitrogens with zero attached hydrogens (tertiary/aromatic N) is 1. The van der Waals surface area contributed by atoms with Crippen LogP contribution in [0.4, 0.5) is 0 Å². The fourth-order valence-corrected chi connectivity index (χ4v) is 2.26. The van der Waals surface area contributed by atoms with Gasteiger partial charge in [-0.3, -0.25) is 4.79 Å². The van der Waals surface area contributed by atoms with Gasteiger partial charge in [-0.1, -0.05) is 0 Å². The molecule has 1 fully saturated rings. The van der Waals surface area contributed by atoms with Crippen LogP contribution in [0.25, 0.3) is 0 Å². The molecule has 1 aliphatic heterocycles. The number of carbonyl (C=O) groups is 1. The van der Waals surface area contributed by atoms with Crippen LogP contribution >= 0.6 is 0 Å². The molecule has 0 spiro atoms. The molecule has 6 heteroatoms. The van der Waals surface area contributed by atoms with Gasteiger partial charge in [0.15, 0.2) is 0 Å². The Kier molecular flexibility index (Phi) is 2.69. The third kappa shape index (κ3) is 2.78. The van der Waals surface area contributed by atoms with Crippen molar-refractivity contribution in [3.8, 4) is 0 Å². The van der Waals surface area contributed by atoms with E-state index >= 15 is 0 Å². The second-order valence-electron chi connectivity index (χ2n) is 2.71. The van der Waals surface area contributed by atoms with Crippen molar-refractivity contribution in [2.24, 2.45) is 0 Å². The third-order valence-corrected chi connectivity index (χ3v) is 3.55. The van der Waals surface area contributed by atoms with Crippen LogP contribution < -0.4 is 0 Å². The van der Waals surface area contributed by atoms with Crippen molar-refractivity contribution in [1.29, 1.82) is 0 Å². The quantitative estimate of drug-likeness (QED) is 0.597. The smallest absolute Gasteiger partial charge is 0.303 e. The van der Waals surface area contributed by atoms with E-state index < -0.39 is 16.0 Å². The number of rotatable bonds is 5. The van der Waals surface area contributed by atoms with E-state index in [9.17, 15) is 13.2 Å². The normalized spacial score (nSPS) is 17.7. The number of aliphatic carboxylic acids is 1. The lowest BCUT2D eigenvalue weighted by Gasteiger charge is -2.01. The summed E-state index contributed by atoms with van der Waals surface area (Å²) >= 11 is 0. The molecule has 0 aliphatic carbocycles. The number of hydrogen-bond donors (Lipinski definition) is 1. The number of sulfonamides is 1. The zero-order valence-electron chi connectivity index (χ0n) is 6.56. The Bertz CT molecular complexity index is 267. The molecule has 0 aromatic rings. The Labute approximate surface area is 71.0 Å². The van der Waals surface area contributed by atoms with Crippen molar-refractivity contribution >= 4 is 16.0 Å². The summed E-state index contributed by atoms with van der Waals surface area (Å²) in [5, 5.41) is 8.26. The van der Waals surface area contributed by atoms with Crippen molar-refractivity contribution < 1.29 is 18.3 Å². The lowest BCUT2D eigenvalue weighted by Crippen LogP contribution is -2.16. The van der Waals surface area contributed by atoms with Crippen LogP contribution in [0.15, 0.2) is 0 Å².